The molecule has 0 bridgehead atoms. The highest BCUT2D eigenvalue weighted by Crippen LogP contribution is 2.15. The van der Waals surface area contributed by atoms with E-state index in [0.29, 0.717) is 38.0 Å². The van der Waals surface area contributed by atoms with Gasteiger partial charge in [0.15, 0.2) is 0 Å². The third-order valence-electron chi connectivity index (χ3n) is 3.86. The minimum atomic E-state index is -1.16. The van der Waals surface area contributed by atoms with Gasteiger partial charge in [-0.3, -0.25) is 4.79 Å². The first-order valence-corrected chi connectivity index (χ1v) is 7.70. The maximum absolute atomic E-state index is 12.5. The molecule has 1 N–H and O–H groups in total. The maximum atomic E-state index is 12.5. The van der Waals surface area contributed by atoms with Gasteiger partial charge in [-0.15, -0.1) is 0 Å². The fraction of sp³-hybridized carbons (Fsp3) is 0.312. The summed E-state index contributed by atoms with van der Waals surface area (Å²) in [4.78, 5) is 39.5. The van der Waals surface area contributed by atoms with Crippen molar-refractivity contribution in [2.75, 3.05) is 38.2 Å². The second-order valence-corrected chi connectivity index (χ2v) is 5.39. The molecule has 2 aromatic heterocycles. The molecule has 1 aliphatic rings. The second kappa shape index (κ2) is 7.12. The van der Waals surface area contributed by atoms with E-state index in [1.807, 2.05) is 4.90 Å². The number of carboxylic acid groups (broad SMARTS) is 1. The van der Waals surface area contributed by atoms with Gasteiger partial charge in [-0.2, -0.15) is 4.98 Å². The third-order valence-corrected chi connectivity index (χ3v) is 3.86. The number of carboxylic acids is 1. The largest absolute Gasteiger partial charge is 0.481 e. The number of hydrogen-bond acceptors (Lipinski definition) is 7. The van der Waals surface area contributed by atoms with Crippen LogP contribution in [0.1, 0.15) is 21.0 Å². The summed E-state index contributed by atoms with van der Waals surface area (Å²) in [6.45, 7) is 2.08. The molecule has 0 aliphatic carbocycles. The number of aromatic carboxylic acids is 1. The molecule has 2 aromatic rings. The smallest absolute Gasteiger partial charge is 0.354 e. The summed E-state index contributed by atoms with van der Waals surface area (Å²) in [6, 6.07) is 6.07. The van der Waals surface area contributed by atoms with E-state index in [1.54, 1.807) is 24.3 Å². The Labute approximate surface area is 143 Å². The van der Waals surface area contributed by atoms with Crippen LogP contribution in [-0.4, -0.2) is 70.1 Å². The maximum Gasteiger partial charge on any atom is 0.354 e. The van der Waals surface area contributed by atoms with Crippen molar-refractivity contribution in [3.8, 4) is 5.88 Å². The van der Waals surface area contributed by atoms with Crippen LogP contribution in [-0.2, 0) is 0 Å². The highest BCUT2D eigenvalue weighted by atomic mass is 16.5. The number of hydrogen-bond donors (Lipinski definition) is 1. The van der Waals surface area contributed by atoms with Gasteiger partial charge >= 0.3 is 5.97 Å². The van der Waals surface area contributed by atoms with Crippen LogP contribution in [0, 0.1) is 0 Å². The number of pyridine rings is 1. The average molecular weight is 343 g/mol. The summed E-state index contributed by atoms with van der Waals surface area (Å²) in [5.41, 5.74) is -0.0137. The fourth-order valence-corrected chi connectivity index (χ4v) is 2.54. The van der Waals surface area contributed by atoms with Crippen molar-refractivity contribution in [2.24, 2.45) is 0 Å². The summed E-state index contributed by atoms with van der Waals surface area (Å²) in [5.74, 6) is -0.403. The van der Waals surface area contributed by atoms with E-state index in [1.165, 1.54) is 18.2 Å². The van der Waals surface area contributed by atoms with Gasteiger partial charge in [0.25, 0.3) is 5.91 Å². The minimum Gasteiger partial charge on any atom is -0.481 e. The lowest BCUT2D eigenvalue weighted by Gasteiger charge is -2.34. The van der Waals surface area contributed by atoms with Crippen molar-refractivity contribution in [1.82, 2.24) is 19.9 Å². The first-order chi connectivity index (χ1) is 12.1. The molecule has 1 saturated heterocycles. The standard InChI is InChI=1S/C16H17N5O4/c1-25-13-5-6-17-16(19-13)21-9-7-20(8-10-21)14(22)11-3-2-4-12(18-11)15(23)24/h2-6H,7-10H2,1H3,(H,23,24). The summed E-state index contributed by atoms with van der Waals surface area (Å²) in [6.07, 6.45) is 1.63. The molecule has 3 rings (SSSR count). The molecule has 1 aliphatic heterocycles. The number of piperazine rings is 1. The zero-order chi connectivity index (χ0) is 17.8. The molecule has 1 fully saturated rings. The second-order valence-electron chi connectivity index (χ2n) is 5.39. The molecule has 0 unspecified atom stereocenters. The van der Waals surface area contributed by atoms with Gasteiger partial charge < -0.3 is 19.6 Å². The van der Waals surface area contributed by atoms with E-state index in [9.17, 15) is 9.59 Å². The Hall–Kier alpha value is -3.23. The van der Waals surface area contributed by atoms with Crippen molar-refractivity contribution in [3.63, 3.8) is 0 Å². The minimum absolute atomic E-state index is 0.131. The molecule has 1 amide bonds. The van der Waals surface area contributed by atoms with Crippen molar-refractivity contribution in [2.45, 2.75) is 0 Å². The van der Waals surface area contributed by atoms with Crippen LogP contribution >= 0.6 is 0 Å². The van der Waals surface area contributed by atoms with Gasteiger partial charge in [0.05, 0.1) is 7.11 Å². The Bertz CT molecular complexity index is 790. The van der Waals surface area contributed by atoms with Gasteiger partial charge in [0.2, 0.25) is 11.8 Å². The van der Waals surface area contributed by atoms with Crippen LogP contribution in [0.4, 0.5) is 5.95 Å². The summed E-state index contributed by atoms with van der Waals surface area (Å²) in [7, 11) is 1.54. The lowest BCUT2D eigenvalue weighted by atomic mass is 10.2. The SMILES string of the molecule is COc1ccnc(N2CCN(C(=O)c3cccc(C(=O)O)n3)CC2)n1. The number of aromatic nitrogens is 3. The van der Waals surface area contributed by atoms with E-state index >= 15 is 0 Å². The van der Waals surface area contributed by atoms with Gasteiger partial charge in [-0.25, -0.2) is 14.8 Å². The molecular weight excluding hydrogens is 326 g/mol. The molecule has 3 heterocycles. The highest BCUT2D eigenvalue weighted by molar-refractivity contribution is 5.94. The van der Waals surface area contributed by atoms with Crippen LogP contribution in [0.15, 0.2) is 30.5 Å². The molecule has 130 valence electrons. The Kier molecular flexibility index (Phi) is 4.73. The van der Waals surface area contributed by atoms with Crippen LogP contribution in [0.3, 0.4) is 0 Å². The van der Waals surface area contributed by atoms with Gasteiger partial charge in [0.1, 0.15) is 11.4 Å². The van der Waals surface area contributed by atoms with E-state index in [4.69, 9.17) is 9.84 Å². The number of carbonyl (C=O) groups excluding carboxylic acids is 1. The molecular formula is C16H17N5O4. The molecule has 9 heteroatoms. The normalized spacial score (nSPS) is 14.3. The molecule has 9 nitrogen and oxygen atoms in total. The summed E-state index contributed by atoms with van der Waals surface area (Å²) >= 11 is 0. The first kappa shape index (κ1) is 16.6. The topological polar surface area (TPSA) is 109 Å². The summed E-state index contributed by atoms with van der Waals surface area (Å²) in [5, 5.41) is 8.99. The van der Waals surface area contributed by atoms with Gasteiger partial charge in [0, 0.05) is 38.4 Å². The first-order valence-electron chi connectivity index (χ1n) is 7.70. The Morgan fingerprint density at radius 3 is 2.48 bits per heavy atom. The number of amides is 1. The van der Waals surface area contributed by atoms with Crippen molar-refractivity contribution in [3.05, 3.63) is 41.9 Å². The number of rotatable bonds is 4. The molecule has 0 saturated carbocycles. The average Bonchev–Trinajstić information content (AvgIpc) is 2.67. The predicted octanol–water partition coefficient (Wildman–Crippen LogP) is 0.541. The number of methoxy groups -OCH3 is 1. The Morgan fingerprint density at radius 2 is 1.80 bits per heavy atom. The highest BCUT2D eigenvalue weighted by Gasteiger charge is 2.25. The molecule has 0 spiro atoms. The number of anilines is 1. The quantitative estimate of drug-likeness (QED) is 0.857. The molecule has 0 radical (unpaired) electrons. The Morgan fingerprint density at radius 1 is 1.08 bits per heavy atom. The zero-order valence-corrected chi connectivity index (χ0v) is 13.6. The van der Waals surface area contributed by atoms with Crippen LogP contribution in [0.2, 0.25) is 0 Å². The van der Waals surface area contributed by atoms with Gasteiger partial charge in [-0.1, -0.05) is 6.07 Å². The van der Waals surface area contributed by atoms with Crippen molar-refractivity contribution < 1.29 is 19.4 Å². The molecule has 25 heavy (non-hydrogen) atoms. The third kappa shape index (κ3) is 3.65. The number of ether oxygens (including phenoxy) is 1. The van der Waals surface area contributed by atoms with E-state index in [-0.39, 0.29) is 17.3 Å². The lowest BCUT2D eigenvalue weighted by molar-refractivity contribution is 0.0689. The predicted molar refractivity (Wildman–Crippen MR) is 87.9 cm³/mol. The van der Waals surface area contributed by atoms with E-state index in [0.717, 1.165) is 0 Å². The van der Waals surface area contributed by atoms with E-state index in [2.05, 4.69) is 15.0 Å². The summed E-state index contributed by atoms with van der Waals surface area (Å²) < 4.78 is 5.09. The number of carbonyl (C=O) groups is 2. The van der Waals surface area contributed by atoms with Gasteiger partial charge in [-0.05, 0) is 12.1 Å². The Balaban J connectivity index is 1.66. The van der Waals surface area contributed by atoms with Crippen molar-refractivity contribution in [1.29, 1.82) is 0 Å². The number of nitrogens with zero attached hydrogens (tertiary/aromatic N) is 5. The molecule has 0 aromatic carbocycles. The van der Waals surface area contributed by atoms with Crippen LogP contribution in [0.25, 0.3) is 0 Å². The zero-order valence-electron chi connectivity index (χ0n) is 13.6. The monoisotopic (exact) mass is 343 g/mol. The van der Waals surface area contributed by atoms with Crippen LogP contribution in [0.5, 0.6) is 5.88 Å². The van der Waals surface area contributed by atoms with E-state index < -0.39 is 5.97 Å². The fourth-order valence-electron chi connectivity index (χ4n) is 2.54. The molecule has 0 atom stereocenters. The lowest BCUT2D eigenvalue weighted by Crippen LogP contribution is -2.49. The van der Waals surface area contributed by atoms with Crippen molar-refractivity contribution >= 4 is 17.8 Å². The van der Waals surface area contributed by atoms with Crippen LogP contribution < -0.4 is 9.64 Å².